The molecule has 0 amide bonds. The van der Waals surface area contributed by atoms with Crippen LogP contribution in [-0.2, 0) is 0 Å². The number of halogens is 1. The molecule has 78 valence electrons. The molecule has 0 aliphatic heterocycles. The maximum atomic E-state index is 6.14. The molecule has 0 bridgehead atoms. The van der Waals surface area contributed by atoms with Crippen molar-refractivity contribution in [1.82, 2.24) is 0 Å². The molecule has 0 radical (unpaired) electrons. The predicted octanol–water partition coefficient (Wildman–Crippen LogP) is 3.00. The van der Waals surface area contributed by atoms with Crippen molar-refractivity contribution < 1.29 is 4.74 Å². The molecule has 0 unspecified atom stereocenters. The van der Waals surface area contributed by atoms with Crippen molar-refractivity contribution in [3.8, 4) is 5.75 Å². The van der Waals surface area contributed by atoms with Crippen LogP contribution in [0.2, 0.25) is 5.02 Å². The Balaban J connectivity index is 3.09. The lowest BCUT2D eigenvalue weighted by molar-refractivity contribution is 0.412. The summed E-state index contributed by atoms with van der Waals surface area (Å²) < 4.78 is 5.13. The first-order valence-electron chi connectivity index (χ1n) is 4.66. The van der Waals surface area contributed by atoms with E-state index in [2.05, 4.69) is 13.8 Å². The van der Waals surface area contributed by atoms with Crippen molar-refractivity contribution >= 4 is 11.6 Å². The SMILES string of the molecule is COc1cccc([C@@H](N)C(C)C)c1Cl. The number of rotatable bonds is 3. The average molecular weight is 214 g/mol. The van der Waals surface area contributed by atoms with Gasteiger partial charge in [-0.3, -0.25) is 0 Å². The number of ether oxygens (including phenoxy) is 1. The molecular formula is C11H16ClNO. The monoisotopic (exact) mass is 213 g/mol. The van der Waals surface area contributed by atoms with Gasteiger partial charge in [0.15, 0.2) is 0 Å². The van der Waals surface area contributed by atoms with E-state index >= 15 is 0 Å². The van der Waals surface area contributed by atoms with Crippen molar-refractivity contribution in [3.63, 3.8) is 0 Å². The Morgan fingerprint density at radius 1 is 1.36 bits per heavy atom. The van der Waals surface area contributed by atoms with Gasteiger partial charge in [-0.15, -0.1) is 0 Å². The topological polar surface area (TPSA) is 35.2 Å². The van der Waals surface area contributed by atoms with Gasteiger partial charge in [0.05, 0.1) is 12.1 Å². The molecule has 14 heavy (non-hydrogen) atoms. The van der Waals surface area contributed by atoms with Crippen LogP contribution in [0.5, 0.6) is 5.75 Å². The maximum absolute atomic E-state index is 6.14. The minimum atomic E-state index is -0.0439. The number of nitrogens with two attached hydrogens (primary N) is 1. The fourth-order valence-corrected chi connectivity index (χ4v) is 1.63. The largest absolute Gasteiger partial charge is 0.495 e. The molecule has 0 saturated carbocycles. The van der Waals surface area contributed by atoms with Crippen LogP contribution in [0.1, 0.15) is 25.5 Å². The molecule has 1 aromatic rings. The summed E-state index contributed by atoms with van der Waals surface area (Å²) in [6.07, 6.45) is 0. The summed E-state index contributed by atoms with van der Waals surface area (Å²) in [4.78, 5) is 0. The Hall–Kier alpha value is -0.730. The summed E-state index contributed by atoms with van der Waals surface area (Å²) in [5, 5.41) is 0.621. The van der Waals surface area contributed by atoms with Gasteiger partial charge in [-0.2, -0.15) is 0 Å². The Labute approximate surface area is 90.0 Å². The fourth-order valence-electron chi connectivity index (χ4n) is 1.30. The highest BCUT2D eigenvalue weighted by Crippen LogP contribution is 2.33. The Kier molecular flexibility index (Phi) is 3.78. The van der Waals surface area contributed by atoms with Gasteiger partial charge in [0.1, 0.15) is 5.75 Å². The van der Waals surface area contributed by atoms with Gasteiger partial charge in [-0.05, 0) is 17.5 Å². The zero-order valence-electron chi connectivity index (χ0n) is 8.75. The molecular weight excluding hydrogens is 198 g/mol. The summed E-state index contributed by atoms with van der Waals surface area (Å²) in [5.41, 5.74) is 6.97. The van der Waals surface area contributed by atoms with Gasteiger partial charge in [-0.1, -0.05) is 37.6 Å². The third kappa shape index (κ3) is 2.20. The van der Waals surface area contributed by atoms with E-state index in [0.29, 0.717) is 16.7 Å². The molecule has 0 aliphatic carbocycles. The lowest BCUT2D eigenvalue weighted by Crippen LogP contribution is -2.17. The van der Waals surface area contributed by atoms with Crippen LogP contribution in [-0.4, -0.2) is 7.11 Å². The Morgan fingerprint density at radius 2 is 2.00 bits per heavy atom. The standard InChI is InChI=1S/C11H16ClNO/c1-7(2)11(13)8-5-4-6-9(14-3)10(8)12/h4-7,11H,13H2,1-3H3/t11-/m0/s1. The minimum absolute atomic E-state index is 0.0439. The van der Waals surface area contributed by atoms with Gasteiger partial charge < -0.3 is 10.5 Å². The first-order chi connectivity index (χ1) is 6.57. The summed E-state index contributed by atoms with van der Waals surface area (Å²) >= 11 is 6.14. The molecule has 0 heterocycles. The summed E-state index contributed by atoms with van der Waals surface area (Å²) in [6, 6.07) is 5.63. The molecule has 0 fully saturated rings. The highest BCUT2D eigenvalue weighted by atomic mass is 35.5. The van der Waals surface area contributed by atoms with Gasteiger partial charge in [0.2, 0.25) is 0 Å². The van der Waals surface area contributed by atoms with Crippen molar-refractivity contribution in [2.45, 2.75) is 19.9 Å². The zero-order valence-corrected chi connectivity index (χ0v) is 9.51. The van der Waals surface area contributed by atoms with Gasteiger partial charge >= 0.3 is 0 Å². The average Bonchev–Trinajstić information content (AvgIpc) is 2.17. The molecule has 3 heteroatoms. The smallest absolute Gasteiger partial charge is 0.137 e. The van der Waals surface area contributed by atoms with Crippen LogP contribution < -0.4 is 10.5 Å². The van der Waals surface area contributed by atoms with Crippen molar-refractivity contribution in [2.75, 3.05) is 7.11 Å². The molecule has 1 atom stereocenters. The van der Waals surface area contributed by atoms with Crippen LogP contribution in [0.3, 0.4) is 0 Å². The van der Waals surface area contributed by atoms with Crippen LogP contribution in [0, 0.1) is 5.92 Å². The normalized spacial score (nSPS) is 13.0. The van der Waals surface area contributed by atoms with Crippen LogP contribution in [0.15, 0.2) is 18.2 Å². The van der Waals surface area contributed by atoms with Crippen molar-refractivity contribution in [2.24, 2.45) is 11.7 Å². The second-order valence-electron chi connectivity index (χ2n) is 3.63. The van der Waals surface area contributed by atoms with Gasteiger partial charge in [0, 0.05) is 6.04 Å². The van der Waals surface area contributed by atoms with Crippen molar-refractivity contribution in [3.05, 3.63) is 28.8 Å². The van der Waals surface area contributed by atoms with E-state index < -0.39 is 0 Å². The summed E-state index contributed by atoms with van der Waals surface area (Å²) in [5.74, 6) is 1.04. The second kappa shape index (κ2) is 4.67. The number of methoxy groups -OCH3 is 1. The van der Waals surface area contributed by atoms with Crippen LogP contribution >= 0.6 is 11.6 Å². The summed E-state index contributed by atoms with van der Waals surface area (Å²) in [7, 11) is 1.60. The third-order valence-electron chi connectivity index (χ3n) is 2.29. The van der Waals surface area contributed by atoms with E-state index in [1.54, 1.807) is 7.11 Å². The van der Waals surface area contributed by atoms with E-state index in [-0.39, 0.29) is 6.04 Å². The molecule has 0 spiro atoms. The first-order valence-corrected chi connectivity index (χ1v) is 5.03. The van der Waals surface area contributed by atoms with E-state index in [1.165, 1.54) is 0 Å². The Morgan fingerprint density at radius 3 is 2.50 bits per heavy atom. The van der Waals surface area contributed by atoms with Crippen molar-refractivity contribution in [1.29, 1.82) is 0 Å². The quantitative estimate of drug-likeness (QED) is 0.838. The molecule has 2 nitrogen and oxygen atoms in total. The lowest BCUT2D eigenvalue weighted by atomic mass is 9.97. The second-order valence-corrected chi connectivity index (χ2v) is 4.01. The Bertz CT molecular complexity index is 312. The summed E-state index contributed by atoms with van der Waals surface area (Å²) in [6.45, 7) is 4.14. The first kappa shape index (κ1) is 11.3. The van der Waals surface area contributed by atoms with E-state index in [4.69, 9.17) is 22.1 Å². The highest BCUT2D eigenvalue weighted by molar-refractivity contribution is 6.32. The van der Waals surface area contributed by atoms with E-state index in [1.807, 2.05) is 18.2 Å². The highest BCUT2D eigenvalue weighted by Gasteiger charge is 2.15. The molecule has 0 saturated heterocycles. The number of hydrogen-bond acceptors (Lipinski definition) is 2. The van der Waals surface area contributed by atoms with Crippen LogP contribution in [0.25, 0.3) is 0 Å². The number of benzene rings is 1. The minimum Gasteiger partial charge on any atom is -0.495 e. The maximum Gasteiger partial charge on any atom is 0.137 e. The zero-order chi connectivity index (χ0) is 10.7. The molecule has 0 aliphatic rings. The predicted molar refractivity (Wildman–Crippen MR) is 59.8 cm³/mol. The van der Waals surface area contributed by atoms with E-state index in [0.717, 1.165) is 5.56 Å². The molecule has 1 rings (SSSR count). The van der Waals surface area contributed by atoms with Gasteiger partial charge in [0.25, 0.3) is 0 Å². The molecule has 0 aromatic heterocycles. The molecule has 2 N–H and O–H groups in total. The lowest BCUT2D eigenvalue weighted by Gasteiger charge is -2.18. The van der Waals surface area contributed by atoms with Crippen LogP contribution in [0.4, 0.5) is 0 Å². The van der Waals surface area contributed by atoms with Gasteiger partial charge in [-0.25, -0.2) is 0 Å². The van der Waals surface area contributed by atoms with E-state index in [9.17, 15) is 0 Å². The fraction of sp³-hybridized carbons (Fsp3) is 0.455. The third-order valence-corrected chi connectivity index (χ3v) is 2.69. The molecule has 1 aromatic carbocycles. The number of hydrogen-bond donors (Lipinski definition) is 1.